The zero-order valence-electron chi connectivity index (χ0n) is 11.3. The van der Waals surface area contributed by atoms with Crippen molar-refractivity contribution in [2.24, 2.45) is 0 Å². The van der Waals surface area contributed by atoms with E-state index in [1.807, 2.05) is 0 Å². The second kappa shape index (κ2) is 5.23. The molecule has 120 valence electrons. The molecule has 0 amide bonds. The van der Waals surface area contributed by atoms with Crippen molar-refractivity contribution in [3.8, 4) is 0 Å². The van der Waals surface area contributed by atoms with Gasteiger partial charge < -0.3 is 25.4 Å². The molecule has 0 radical (unpaired) electrons. The second-order valence-electron chi connectivity index (χ2n) is 4.87. The highest BCUT2D eigenvalue weighted by Gasteiger charge is 2.46. The molecule has 0 saturated carbocycles. The van der Waals surface area contributed by atoms with Crippen molar-refractivity contribution in [1.29, 1.82) is 0 Å². The topological polar surface area (TPSA) is 166 Å². The first kappa shape index (κ1) is 15.3. The van der Waals surface area contributed by atoms with Crippen LogP contribution in [0.3, 0.4) is 0 Å². The van der Waals surface area contributed by atoms with Gasteiger partial charge >= 0.3 is 7.82 Å². The molecular weight excluding hydrogens is 317 g/mol. The fourth-order valence-corrected chi connectivity index (χ4v) is 3.02. The highest BCUT2D eigenvalue weighted by molar-refractivity contribution is 7.46. The number of ether oxygens (including phenoxy) is 1. The van der Waals surface area contributed by atoms with Crippen molar-refractivity contribution in [3.63, 3.8) is 0 Å². The third-order valence-corrected chi connectivity index (χ3v) is 3.88. The summed E-state index contributed by atoms with van der Waals surface area (Å²) in [6, 6.07) is 0. The van der Waals surface area contributed by atoms with Gasteiger partial charge in [-0.15, -0.1) is 0 Å². The lowest BCUT2D eigenvalue weighted by Gasteiger charge is -2.19. The fourth-order valence-electron chi connectivity index (χ4n) is 2.41. The first-order chi connectivity index (χ1) is 10.3. The average Bonchev–Trinajstić information content (AvgIpc) is 2.95. The number of aliphatic hydroxyl groups is 1. The minimum Gasteiger partial charge on any atom is -0.386 e. The Balaban J connectivity index is 1.95. The molecule has 1 aliphatic rings. The quantitative estimate of drug-likeness (QED) is 0.521. The molecule has 0 bridgehead atoms. The molecule has 5 N–H and O–H groups in total. The minimum absolute atomic E-state index is 0.173. The van der Waals surface area contributed by atoms with Gasteiger partial charge in [-0.3, -0.25) is 9.09 Å². The van der Waals surface area contributed by atoms with Crippen LogP contribution in [0.2, 0.25) is 0 Å². The number of hydrogen-bond donors (Lipinski definition) is 4. The Hall–Kier alpha value is -1.62. The molecule has 0 unspecified atom stereocenters. The Labute approximate surface area is 124 Å². The van der Waals surface area contributed by atoms with Crippen LogP contribution < -0.4 is 5.73 Å². The number of aliphatic hydroxyl groups excluding tert-OH is 1. The molecular formula is C10H14N5O6P. The SMILES string of the molecule is C[C@H]1O[C@@H](n2cnc3c(N)ncnc32)[C@@H](O)[C@H]1OP(=O)(O)O. The zero-order chi connectivity index (χ0) is 16.1. The molecule has 0 aliphatic carbocycles. The molecule has 1 aliphatic heterocycles. The van der Waals surface area contributed by atoms with E-state index in [-0.39, 0.29) is 5.82 Å². The molecule has 3 heterocycles. The number of nitrogens with two attached hydrogens (primary N) is 1. The van der Waals surface area contributed by atoms with Crippen LogP contribution in [0.4, 0.5) is 5.82 Å². The minimum atomic E-state index is -4.76. The van der Waals surface area contributed by atoms with Crippen LogP contribution in [0.1, 0.15) is 13.2 Å². The van der Waals surface area contributed by atoms with Gasteiger partial charge in [0.15, 0.2) is 17.7 Å². The molecule has 4 atom stereocenters. The first-order valence-electron chi connectivity index (χ1n) is 6.28. The van der Waals surface area contributed by atoms with Crippen LogP contribution in [0, 0.1) is 0 Å². The van der Waals surface area contributed by atoms with E-state index in [1.165, 1.54) is 24.1 Å². The number of aromatic nitrogens is 4. The number of hydrogen-bond acceptors (Lipinski definition) is 8. The van der Waals surface area contributed by atoms with Crippen LogP contribution in [0.15, 0.2) is 12.7 Å². The standard InChI is InChI=1S/C10H14N5O6P/c1-4-7(21-22(17,18)19)6(16)10(20-4)15-3-14-5-8(11)12-2-13-9(5)15/h2-4,6-7,10,16H,1H3,(H2,11,12,13)(H2,17,18,19)/t4-,6+,7+,10-/m1/s1. The van der Waals surface area contributed by atoms with Gasteiger partial charge in [0.2, 0.25) is 0 Å². The molecule has 2 aromatic rings. The van der Waals surface area contributed by atoms with E-state index in [1.54, 1.807) is 0 Å². The summed E-state index contributed by atoms with van der Waals surface area (Å²) in [6.07, 6.45) is -1.63. The van der Waals surface area contributed by atoms with Crippen molar-refractivity contribution in [2.75, 3.05) is 5.73 Å². The van der Waals surface area contributed by atoms with E-state index in [2.05, 4.69) is 19.5 Å². The maximum atomic E-state index is 11.0. The summed E-state index contributed by atoms with van der Waals surface area (Å²) in [7, 11) is -4.76. The Bertz CT molecular complexity index is 746. The summed E-state index contributed by atoms with van der Waals surface area (Å²) in [6.45, 7) is 1.53. The van der Waals surface area contributed by atoms with Crippen LogP contribution in [0.25, 0.3) is 11.2 Å². The van der Waals surface area contributed by atoms with E-state index in [0.29, 0.717) is 11.2 Å². The summed E-state index contributed by atoms with van der Waals surface area (Å²) >= 11 is 0. The number of nitrogen functional groups attached to an aromatic ring is 1. The number of fused-ring (bicyclic) bond motifs is 1. The number of phosphoric acid groups is 1. The van der Waals surface area contributed by atoms with Crippen molar-refractivity contribution < 1.29 is 28.7 Å². The summed E-state index contributed by atoms with van der Waals surface area (Å²) in [5.41, 5.74) is 6.35. The van der Waals surface area contributed by atoms with Crippen LogP contribution in [-0.4, -0.2) is 52.7 Å². The first-order valence-corrected chi connectivity index (χ1v) is 7.81. The summed E-state index contributed by atoms with van der Waals surface area (Å²) in [5, 5.41) is 10.3. The van der Waals surface area contributed by atoms with Crippen molar-refractivity contribution in [1.82, 2.24) is 19.5 Å². The van der Waals surface area contributed by atoms with Gasteiger partial charge in [0.05, 0.1) is 12.4 Å². The Morgan fingerprint density at radius 2 is 2.14 bits per heavy atom. The van der Waals surface area contributed by atoms with Gasteiger partial charge in [0.1, 0.15) is 24.1 Å². The zero-order valence-corrected chi connectivity index (χ0v) is 12.2. The maximum absolute atomic E-state index is 11.0. The molecule has 11 nitrogen and oxygen atoms in total. The van der Waals surface area contributed by atoms with E-state index in [0.717, 1.165) is 0 Å². The van der Waals surface area contributed by atoms with Crippen LogP contribution in [-0.2, 0) is 13.8 Å². The molecule has 3 rings (SSSR count). The molecule has 0 spiro atoms. The number of phosphoric ester groups is 1. The lowest BCUT2D eigenvalue weighted by Crippen LogP contribution is -2.32. The number of rotatable bonds is 3. The van der Waals surface area contributed by atoms with E-state index in [9.17, 15) is 9.67 Å². The van der Waals surface area contributed by atoms with E-state index < -0.39 is 32.4 Å². The van der Waals surface area contributed by atoms with E-state index in [4.69, 9.17) is 20.3 Å². The van der Waals surface area contributed by atoms with Gasteiger partial charge in [-0.05, 0) is 6.92 Å². The van der Waals surface area contributed by atoms with Crippen molar-refractivity contribution in [3.05, 3.63) is 12.7 Å². The maximum Gasteiger partial charge on any atom is 0.470 e. The predicted octanol–water partition coefficient (Wildman–Crippen LogP) is -0.835. The number of anilines is 1. The Kier molecular flexibility index (Phi) is 3.63. The van der Waals surface area contributed by atoms with Crippen LogP contribution >= 0.6 is 7.82 Å². The highest BCUT2D eigenvalue weighted by Crippen LogP contribution is 2.44. The molecule has 1 fully saturated rings. The van der Waals surface area contributed by atoms with Gasteiger partial charge in [-0.25, -0.2) is 19.5 Å². The number of imidazole rings is 1. The normalized spacial score (nSPS) is 29.3. The summed E-state index contributed by atoms with van der Waals surface area (Å²) in [5.74, 6) is 0.173. The second-order valence-corrected chi connectivity index (χ2v) is 6.06. The fraction of sp³-hybridized carbons (Fsp3) is 0.500. The smallest absolute Gasteiger partial charge is 0.386 e. The average molecular weight is 331 g/mol. The largest absolute Gasteiger partial charge is 0.470 e. The molecule has 12 heteroatoms. The Morgan fingerprint density at radius 3 is 2.82 bits per heavy atom. The van der Waals surface area contributed by atoms with Crippen molar-refractivity contribution in [2.45, 2.75) is 31.5 Å². The molecule has 2 aromatic heterocycles. The predicted molar refractivity (Wildman–Crippen MR) is 72.2 cm³/mol. The van der Waals surface area contributed by atoms with Crippen LogP contribution in [0.5, 0.6) is 0 Å². The lowest BCUT2D eigenvalue weighted by molar-refractivity contribution is -0.0299. The third kappa shape index (κ3) is 2.58. The monoisotopic (exact) mass is 331 g/mol. The molecule has 0 aromatic carbocycles. The van der Waals surface area contributed by atoms with Gasteiger partial charge in [-0.1, -0.05) is 0 Å². The third-order valence-electron chi connectivity index (χ3n) is 3.37. The van der Waals surface area contributed by atoms with Gasteiger partial charge in [0.25, 0.3) is 0 Å². The van der Waals surface area contributed by atoms with E-state index >= 15 is 0 Å². The summed E-state index contributed by atoms with van der Waals surface area (Å²) in [4.78, 5) is 29.7. The molecule has 1 saturated heterocycles. The summed E-state index contributed by atoms with van der Waals surface area (Å²) < 4.78 is 22.5. The lowest BCUT2D eigenvalue weighted by atomic mass is 10.1. The highest BCUT2D eigenvalue weighted by atomic mass is 31.2. The molecule has 22 heavy (non-hydrogen) atoms. The Morgan fingerprint density at radius 1 is 1.41 bits per heavy atom. The van der Waals surface area contributed by atoms with Gasteiger partial charge in [-0.2, -0.15) is 0 Å². The van der Waals surface area contributed by atoms with Crippen molar-refractivity contribution >= 4 is 24.8 Å². The number of nitrogens with zero attached hydrogens (tertiary/aromatic N) is 4. The van der Waals surface area contributed by atoms with Gasteiger partial charge in [0, 0.05) is 0 Å².